The van der Waals surface area contributed by atoms with Crippen LogP contribution in [0.4, 0.5) is 5.69 Å². The minimum Gasteiger partial charge on any atom is -0.320 e. The van der Waals surface area contributed by atoms with E-state index in [1.54, 1.807) is 24.3 Å². The second kappa shape index (κ2) is 8.70. The van der Waals surface area contributed by atoms with E-state index in [9.17, 15) is 13.2 Å². The van der Waals surface area contributed by atoms with Crippen molar-refractivity contribution in [2.24, 2.45) is 0 Å². The zero-order valence-corrected chi connectivity index (χ0v) is 20.2. The zero-order chi connectivity index (χ0) is 21.3. The summed E-state index contributed by atoms with van der Waals surface area (Å²) in [5.41, 5.74) is 2.08. The van der Waals surface area contributed by atoms with Crippen molar-refractivity contribution in [3.8, 4) is 0 Å². The third-order valence-corrected chi connectivity index (χ3v) is 8.72. The van der Waals surface area contributed by atoms with E-state index in [0.29, 0.717) is 16.2 Å². The second-order valence-corrected chi connectivity index (χ2v) is 11.4. The Bertz CT molecular complexity index is 1250. The number of hydrogen-bond acceptors (Lipinski definition) is 4. The minimum absolute atomic E-state index is 0.159. The number of anilines is 1. The van der Waals surface area contributed by atoms with Gasteiger partial charge in [-0.05, 0) is 47.5 Å². The van der Waals surface area contributed by atoms with Crippen LogP contribution in [0.15, 0.2) is 90.4 Å². The first kappa shape index (κ1) is 21.4. The zero-order valence-electron chi connectivity index (χ0n) is 15.4. The van der Waals surface area contributed by atoms with Gasteiger partial charge in [0.1, 0.15) is 0 Å². The maximum Gasteiger partial charge on any atom is 0.262 e. The fraction of sp³-hybridized carbons (Fsp3) is 0.0455. The Morgan fingerprint density at radius 2 is 1.63 bits per heavy atom. The second-order valence-electron chi connectivity index (χ2n) is 6.59. The number of nitrogens with one attached hydrogen (secondary N) is 1. The number of carbonyl (C=O) groups is 1. The van der Waals surface area contributed by atoms with Gasteiger partial charge >= 0.3 is 0 Å². The quantitative estimate of drug-likeness (QED) is 0.379. The molecule has 1 amide bonds. The van der Waals surface area contributed by atoms with Gasteiger partial charge in [0.15, 0.2) is 9.84 Å². The van der Waals surface area contributed by atoms with Crippen molar-refractivity contribution in [2.45, 2.75) is 15.5 Å². The minimum atomic E-state index is -3.61. The Labute approximate surface area is 196 Å². The Morgan fingerprint density at radius 3 is 2.33 bits per heavy atom. The van der Waals surface area contributed by atoms with E-state index in [2.05, 4.69) is 37.2 Å². The lowest BCUT2D eigenvalue weighted by atomic mass is 10.2. The molecular weight excluding hydrogens is 550 g/mol. The summed E-state index contributed by atoms with van der Waals surface area (Å²) in [7, 11) is -3.61. The number of hydrogen-bond donors (Lipinski definition) is 1. The van der Waals surface area contributed by atoms with Crippen molar-refractivity contribution in [1.82, 2.24) is 0 Å². The molecular formula is C22H15Br2NO3S2. The lowest BCUT2D eigenvalue weighted by Crippen LogP contribution is -2.18. The average molecular weight is 565 g/mol. The highest BCUT2D eigenvalue weighted by Crippen LogP contribution is 2.40. The van der Waals surface area contributed by atoms with Crippen molar-refractivity contribution in [3.05, 3.63) is 91.7 Å². The SMILES string of the molecule is O=C1Nc2cc(S(=O)(=O)Cc3c(Br)cccc3Br)ccc2SC1=Cc1ccccc1. The summed E-state index contributed by atoms with van der Waals surface area (Å²) in [5, 5.41) is 2.82. The van der Waals surface area contributed by atoms with Gasteiger partial charge in [0.05, 0.1) is 21.2 Å². The van der Waals surface area contributed by atoms with E-state index < -0.39 is 9.84 Å². The third-order valence-electron chi connectivity index (χ3n) is 4.50. The van der Waals surface area contributed by atoms with E-state index in [0.717, 1.165) is 19.4 Å². The highest BCUT2D eigenvalue weighted by molar-refractivity contribution is 9.11. The summed E-state index contributed by atoms with van der Waals surface area (Å²) in [6.45, 7) is 0. The number of rotatable bonds is 4. The molecule has 30 heavy (non-hydrogen) atoms. The van der Waals surface area contributed by atoms with Crippen LogP contribution < -0.4 is 5.32 Å². The summed E-state index contributed by atoms with van der Waals surface area (Å²) >= 11 is 8.15. The predicted octanol–water partition coefficient (Wildman–Crippen LogP) is 6.27. The Hall–Kier alpha value is -1.87. The standard InChI is InChI=1S/C22H15Br2NO3S2/c23-17-7-4-8-18(24)16(17)13-30(27,28)15-9-10-20-19(12-15)25-22(26)21(29-20)11-14-5-2-1-3-6-14/h1-12H,13H2,(H,25,26). The first-order chi connectivity index (χ1) is 14.3. The largest absolute Gasteiger partial charge is 0.320 e. The smallest absolute Gasteiger partial charge is 0.262 e. The topological polar surface area (TPSA) is 63.2 Å². The molecule has 0 atom stereocenters. The summed E-state index contributed by atoms with van der Waals surface area (Å²) in [4.78, 5) is 14.1. The predicted molar refractivity (Wildman–Crippen MR) is 128 cm³/mol. The molecule has 0 fully saturated rings. The molecule has 1 heterocycles. The number of amides is 1. The van der Waals surface area contributed by atoms with Gasteiger partial charge in [0.25, 0.3) is 5.91 Å². The van der Waals surface area contributed by atoms with Gasteiger partial charge in [-0.3, -0.25) is 4.79 Å². The summed E-state index contributed by atoms with van der Waals surface area (Å²) in [5.74, 6) is -0.409. The molecule has 1 aliphatic heterocycles. The molecule has 8 heteroatoms. The average Bonchev–Trinajstić information content (AvgIpc) is 2.72. The maximum absolute atomic E-state index is 13.0. The molecule has 152 valence electrons. The van der Waals surface area contributed by atoms with Crippen LogP contribution >= 0.6 is 43.6 Å². The van der Waals surface area contributed by atoms with Crippen LogP contribution in [0.2, 0.25) is 0 Å². The van der Waals surface area contributed by atoms with Crippen LogP contribution in [0.1, 0.15) is 11.1 Å². The maximum atomic E-state index is 13.0. The molecule has 0 aliphatic carbocycles. The van der Waals surface area contributed by atoms with Gasteiger partial charge in [-0.25, -0.2) is 8.42 Å². The van der Waals surface area contributed by atoms with Crippen LogP contribution in [0.25, 0.3) is 6.08 Å². The van der Waals surface area contributed by atoms with Crippen LogP contribution in [0.3, 0.4) is 0 Å². The van der Waals surface area contributed by atoms with Crippen molar-refractivity contribution in [2.75, 3.05) is 5.32 Å². The number of halogens is 2. The van der Waals surface area contributed by atoms with E-state index in [-0.39, 0.29) is 16.6 Å². The van der Waals surface area contributed by atoms with Crippen LogP contribution in [-0.2, 0) is 20.4 Å². The van der Waals surface area contributed by atoms with Crippen LogP contribution in [0, 0.1) is 0 Å². The lowest BCUT2D eigenvalue weighted by Gasteiger charge is -2.19. The fourth-order valence-corrected chi connectivity index (χ4v) is 6.99. The molecule has 0 radical (unpaired) electrons. The number of sulfone groups is 1. The lowest BCUT2D eigenvalue weighted by molar-refractivity contribution is -0.112. The van der Waals surface area contributed by atoms with Crippen molar-refractivity contribution in [3.63, 3.8) is 0 Å². The van der Waals surface area contributed by atoms with E-state index in [1.165, 1.54) is 17.8 Å². The highest BCUT2D eigenvalue weighted by Gasteiger charge is 2.25. The van der Waals surface area contributed by atoms with E-state index in [1.807, 2.05) is 42.5 Å². The normalized spacial score (nSPS) is 15.0. The van der Waals surface area contributed by atoms with Crippen LogP contribution in [0.5, 0.6) is 0 Å². The molecule has 0 bridgehead atoms. The monoisotopic (exact) mass is 563 g/mol. The van der Waals surface area contributed by atoms with Gasteiger partial charge in [0, 0.05) is 13.8 Å². The first-order valence-electron chi connectivity index (χ1n) is 8.89. The number of benzene rings is 3. The Morgan fingerprint density at radius 1 is 0.933 bits per heavy atom. The molecule has 0 saturated heterocycles. The molecule has 1 N–H and O–H groups in total. The fourth-order valence-electron chi connectivity index (χ4n) is 2.98. The molecule has 3 aromatic rings. The highest BCUT2D eigenvalue weighted by atomic mass is 79.9. The molecule has 0 aromatic heterocycles. The van der Waals surface area contributed by atoms with E-state index >= 15 is 0 Å². The molecule has 4 nitrogen and oxygen atoms in total. The Balaban J connectivity index is 1.63. The van der Waals surface area contributed by atoms with Crippen molar-refractivity contribution < 1.29 is 13.2 Å². The van der Waals surface area contributed by atoms with Crippen molar-refractivity contribution in [1.29, 1.82) is 0 Å². The van der Waals surface area contributed by atoms with Gasteiger partial charge in [-0.15, -0.1) is 0 Å². The molecule has 4 rings (SSSR count). The molecule has 0 saturated carbocycles. The van der Waals surface area contributed by atoms with E-state index in [4.69, 9.17) is 0 Å². The van der Waals surface area contributed by atoms with Gasteiger partial charge in [-0.2, -0.15) is 0 Å². The molecule has 3 aromatic carbocycles. The van der Waals surface area contributed by atoms with Crippen LogP contribution in [-0.4, -0.2) is 14.3 Å². The first-order valence-corrected chi connectivity index (χ1v) is 12.9. The Kier molecular flexibility index (Phi) is 6.20. The number of carbonyl (C=O) groups excluding carboxylic acids is 1. The summed E-state index contributed by atoms with van der Waals surface area (Å²) < 4.78 is 27.5. The van der Waals surface area contributed by atoms with Gasteiger partial charge < -0.3 is 5.32 Å². The number of thioether (sulfide) groups is 1. The third kappa shape index (κ3) is 4.56. The van der Waals surface area contributed by atoms with Crippen molar-refractivity contribution >= 4 is 71.1 Å². The van der Waals surface area contributed by atoms with Gasteiger partial charge in [-0.1, -0.05) is 80.0 Å². The van der Waals surface area contributed by atoms with Gasteiger partial charge in [0.2, 0.25) is 0 Å². The molecule has 1 aliphatic rings. The molecule has 0 unspecified atom stereocenters. The summed E-state index contributed by atoms with van der Waals surface area (Å²) in [6, 6.07) is 19.9. The molecule has 0 spiro atoms. The number of fused-ring (bicyclic) bond motifs is 1. The summed E-state index contributed by atoms with van der Waals surface area (Å²) in [6.07, 6.45) is 1.82.